The molecular formula is C6H16N4O2. The van der Waals surface area contributed by atoms with Crippen molar-refractivity contribution in [2.75, 3.05) is 0 Å². The Morgan fingerprint density at radius 1 is 1.42 bits per heavy atom. The molecule has 0 aliphatic heterocycles. The third-order valence-electron chi connectivity index (χ3n) is 1.00. The molecule has 12 heavy (non-hydrogen) atoms. The van der Waals surface area contributed by atoms with Gasteiger partial charge in [0.15, 0.2) is 5.96 Å². The third kappa shape index (κ3) is 11.5. The molecule has 0 radical (unpaired) electrons. The van der Waals surface area contributed by atoms with E-state index < -0.39 is 12.0 Å². The van der Waals surface area contributed by atoms with Crippen LogP contribution in [0.3, 0.4) is 0 Å². The minimum Gasteiger partial charge on any atom is -0.480 e. The van der Waals surface area contributed by atoms with E-state index in [-0.39, 0.29) is 11.9 Å². The summed E-state index contributed by atoms with van der Waals surface area (Å²) in [5, 5.41) is 14.3. The van der Waals surface area contributed by atoms with E-state index in [4.69, 9.17) is 16.2 Å². The van der Waals surface area contributed by atoms with Gasteiger partial charge in [-0.1, -0.05) is 13.8 Å². The zero-order chi connectivity index (χ0) is 10.3. The Labute approximate surface area is 71.2 Å². The smallest absolute Gasteiger partial charge is 0.320 e. The highest BCUT2D eigenvalue weighted by Crippen LogP contribution is 1.96. The van der Waals surface area contributed by atoms with E-state index in [1.165, 1.54) is 0 Å². The minimum atomic E-state index is -0.931. The van der Waals surface area contributed by atoms with Gasteiger partial charge in [-0.25, -0.2) is 0 Å². The molecule has 0 aromatic carbocycles. The van der Waals surface area contributed by atoms with Gasteiger partial charge >= 0.3 is 5.97 Å². The quantitative estimate of drug-likeness (QED) is 0.268. The van der Waals surface area contributed by atoms with Crippen LogP contribution in [-0.4, -0.2) is 23.1 Å². The molecule has 0 saturated heterocycles. The van der Waals surface area contributed by atoms with Gasteiger partial charge in [-0.15, -0.1) is 0 Å². The molecule has 72 valence electrons. The van der Waals surface area contributed by atoms with Gasteiger partial charge in [0.25, 0.3) is 0 Å². The predicted octanol–water partition coefficient (Wildman–Crippen LogP) is -1.11. The van der Waals surface area contributed by atoms with E-state index in [9.17, 15) is 4.79 Å². The largest absolute Gasteiger partial charge is 0.480 e. The number of nitrogens with two attached hydrogens (primary N) is 3. The van der Waals surface area contributed by atoms with Crippen LogP contribution in [0, 0.1) is 11.3 Å². The summed E-state index contributed by atoms with van der Waals surface area (Å²) in [5.74, 6) is -1.24. The number of carboxylic acid groups (broad SMARTS) is 1. The second-order valence-corrected chi connectivity index (χ2v) is 2.56. The molecule has 1 unspecified atom stereocenters. The van der Waals surface area contributed by atoms with Crippen LogP contribution < -0.4 is 17.2 Å². The molecule has 0 rings (SSSR count). The Morgan fingerprint density at radius 2 is 1.67 bits per heavy atom. The van der Waals surface area contributed by atoms with Crippen LogP contribution in [0.15, 0.2) is 0 Å². The van der Waals surface area contributed by atoms with Crippen molar-refractivity contribution in [2.24, 2.45) is 23.1 Å². The standard InChI is InChI=1S/C5H11NO2.CH5N3/c1-3(2)4(6)5(7)8;2-1(3)4/h3-4H,6H2,1-2H3,(H,7,8);(H5,2,3,4). The number of rotatable bonds is 2. The van der Waals surface area contributed by atoms with Gasteiger partial charge in [0.1, 0.15) is 6.04 Å². The summed E-state index contributed by atoms with van der Waals surface area (Å²) < 4.78 is 0. The fourth-order valence-corrected chi connectivity index (χ4v) is 0.285. The first-order valence-electron chi connectivity index (χ1n) is 3.37. The molecule has 0 spiro atoms. The summed E-state index contributed by atoms with van der Waals surface area (Å²) in [7, 11) is 0. The van der Waals surface area contributed by atoms with E-state index >= 15 is 0 Å². The Hall–Kier alpha value is -1.30. The van der Waals surface area contributed by atoms with Crippen LogP contribution in [-0.2, 0) is 4.79 Å². The van der Waals surface area contributed by atoms with Gasteiger partial charge in [0, 0.05) is 0 Å². The molecule has 0 amide bonds. The molecule has 6 heteroatoms. The first-order valence-corrected chi connectivity index (χ1v) is 3.37. The van der Waals surface area contributed by atoms with E-state index in [1.54, 1.807) is 13.8 Å². The van der Waals surface area contributed by atoms with Crippen molar-refractivity contribution in [1.29, 1.82) is 5.41 Å². The monoisotopic (exact) mass is 176 g/mol. The van der Waals surface area contributed by atoms with Crippen molar-refractivity contribution in [2.45, 2.75) is 19.9 Å². The molecule has 0 aromatic heterocycles. The summed E-state index contributed by atoms with van der Waals surface area (Å²) in [6.45, 7) is 3.55. The lowest BCUT2D eigenvalue weighted by Gasteiger charge is -2.07. The fraction of sp³-hybridized carbons (Fsp3) is 0.667. The average Bonchev–Trinajstić information content (AvgIpc) is 1.84. The Morgan fingerprint density at radius 3 is 1.67 bits per heavy atom. The van der Waals surface area contributed by atoms with Crippen molar-refractivity contribution in [3.63, 3.8) is 0 Å². The number of carboxylic acids is 1. The van der Waals surface area contributed by atoms with Crippen LogP contribution >= 0.6 is 0 Å². The van der Waals surface area contributed by atoms with E-state index in [2.05, 4.69) is 11.5 Å². The SMILES string of the molecule is CC(C)C(N)C(=O)O.N=C(N)N. The van der Waals surface area contributed by atoms with Gasteiger partial charge in [-0.3, -0.25) is 10.2 Å². The molecule has 0 saturated carbocycles. The highest BCUT2D eigenvalue weighted by atomic mass is 16.4. The van der Waals surface area contributed by atoms with Crippen LogP contribution in [0.2, 0.25) is 0 Å². The number of guanidine groups is 1. The van der Waals surface area contributed by atoms with Gasteiger partial charge in [0.2, 0.25) is 0 Å². The summed E-state index contributed by atoms with van der Waals surface area (Å²) in [6, 6.07) is -0.713. The van der Waals surface area contributed by atoms with Crippen molar-refractivity contribution >= 4 is 11.9 Å². The van der Waals surface area contributed by atoms with Crippen molar-refractivity contribution in [3.05, 3.63) is 0 Å². The van der Waals surface area contributed by atoms with Crippen molar-refractivity contribution in [3.8, 4) is 0 Å². The molecule has 1 atom stereocenters. The summed E-state index contributed by atoms with van der Waals surface area (Å²) in [5.41, 5.74) is 14.1. The van der Waals surface area contributed by atoms with Crippen LogP contribution in [0.5, 0.6) is 0 Å². The lowest BCUT2D eigenvalue weighted by molar-refractivity contribution is -0.139. The molecule has 0 aromatic rings. The number of aliphatic carboxylic acids is 1. The molecule has 0 aliphatic rings. The maximum Gasteiger partial charge on any atom is 0.320 e. The molecule has 0 heterocycles. The lowest BCUT2D eigenvalue weighted by Crippen LogP contribution is -2.34. The normalized spacial score (nSPS) is 11.3. The van der Waals surface area contributed by atoms with Gasteiger partial charge in [-0.05, 0) is 5.92 Å². The van der Waals surface area contributed by atoms with Crippen molar-refractivity contribution in [1.82, 2.24) is 0 Å². The molecule has 0 aliphatic carbocycles. The van der Waals surface area contributed by atoms with E-state index in [0.29, 0.717) is 0 Å². The van der Waals surface area contributed by atoms with Crippen LogP contribution in [0.4, 0.5) is 0 Å². The van der Waals surface area contributed by atoms with Gasteiger partial charge in [-0.2, -0.15) is 0 Å². The maximum atomic E-state index is 10.0. The van der Waals surface area contributed by atoms with Crippen molar-refractivity contribution < 1.29 is 9.90 Å². The second kappa shape index (κ2) is 6.41. The summed E-state index contributed by atoms with van der Waals surface area (Å²) in [4.78, 5) is 10.0. The number of nitrogens with one attached hydrogen (secondary N) is 1. The highest BCUT2D eigenvalue weighted by Gasteiger charge is 2.14. The molecule has 0 fully saturated rings. The zero-order valence-electron chi connectivity index (χ0n) is 7.24. The predicted molar refractivity (Wildman–Crippen MR) is 46.6 cm³/mol. The molecular weight excluding hydrogens is 160 g/mol. The van der Waals surface area contributed by atoms with Crippen LogP contribution in [0.25, 0.3) is 0 Å². The highest BCUT2D eigenvalue weighted by molar-refractivity contribution is 5.73. The zero-order valence-corrected chi connectivity index (χ0v) is 7.24. The lowest BCUT2D eigenvalue weighted by atomic mass is 10.1. The topological polar surface area (TPSA) is 139 Å². The first-order chi connectivity index (χ1) is 5.29. The summed E-state index contributed by atoms with van der Waals surface area (Å²) >= 11 is 0. The Balaban J connectivity index is 0. The van der Waals surface area contributed by atoms with Gasteiger partial charge in [0.05, 0.1) is 0 Å². The first kappa shape index (κ1) is 13.3. The van der Waals surface area contributed by atoms with E-state index in [0.717, 1.165) is 0 Å². The Kier molecular flexibility index (Phi) is 7.11. The second-order valence-electron chi connectivity index (χ2n) is 2.56. The van der Waals surface area contributed by atoms with Gasteiger partial charge < -0.3 is 22.3 Å². The minimum absolute atomic E-state index is 0.0208. The Bertz CT molecular complexity index is 154. The average molecular weight is 176 g/mol. The maximum absolute atomic E-state index is 10.0. The number of hydrogen-bond acceptors (Lipinski definition) is 3. The third-order valence-corrected chi connectivity index (χ3v) is 1.00. The summed E-state index contributed by atoms with van der Waals surface area (Å²) in [6.07, 6.45) is 0. The van der Waals surface area contributed by atoms with Crippen LogP contribution in [0.1, 0.15) is 13.8 Å². The number of carbonyl (C=O) groups is 1. The number of hydrogen-bond donors (Lipinski definition) is 5. The molecule has 0 bridgehead atoms. The molecule has 6 nitrogen and oxygen atoms in total. The van der Waals surface area contributed by atoms with E-state index in [1.807, 2.05) is 0 Å². The molecule has 8 N–H and O–H groups in total. The fourth-order valence-electron chi connectivity index (χ4n) is 0.285.